The molecule has 9 heteroatoms. The fraction of sp³-hybridized carbons (Fsp3) is 0.381. The second kappa shape index (κ2) is 7.96. The number of hydrogen-bond donors (Lipinski definition) is 1. The summed E-state index contributed by atoms with van der Waals surface area (Å²) in [6.45, 7) is 1.02. The van der Waals surface area contributed by atoms with Crippen molar-refractivity contribution in [1.29, 1.82) is 0 Å². The number of benzene rings is 1. The second-order valence-corrected chi connectivity index (χ2v) is 9.37. The number of hydrogen-bond acceptors (Lipinski definition) is 7. The fourth-order valence-electron chi connectivity index (χ4n) is 3.84. The normalized spacial score (nSPS) is 15.1. The zero-order valence-electron chi connectivity index (χ0n) is 16.5. The van der Waals surface area contributed by atoms with Gasteiger partial charge >= 0.3 is 0 Å². The quantitative estimate of drug-likeness (QED) is 0.492. The maximum Gasteiger partial charge on any atom is 0.262 e. The van der Waals surface area contributed by atoms with Crippen molar-refractivity contribution in [3.8, 4) is 11.5 Å². The molecule has 1 amide bonds. The van der Waals surface area contributed by atoms with Crippen LogP contribution in [-0.4, -0.2) is 34.4 Å². The first kappa shape index (κ1) is 19.4. The Kier molecular flexibility index (Phi) is 5.16. The van der Waals surface area contributed by atoms with Crippen LogP contribution < -0.4 is 20.3 Å². The van der Waals surface area contributed by atoms with Gasteiger partial charge in [0.05, 0.1) is 11.1 Å². The number of rotatable bonds is 4. The van der Waals surface area contributed by atoms with E-state index in [9.17, 15) is 9.59 Å². The number of thioether (sulfide) groups is 1. The minimum absolute atomic E-state index is 0.0193. The van der Waals surface area contributed by atoms with Crippen LogP contribution >= 0.6 is 23.1 Å². The van der Waals surface area contributed by atoms with Crippen LogP contribution in [0.3, 0.4) is 0 Å². The topological polar surface area (TPSA) is 82.5 Å². The number of amides is 1. The smallest absolute Gasteiger partial charge is 0.262 e. The zero-order valence-corrected chi connectivity index (χ0v) is 18.2. The molecule has 0 fully saturated rings. The maximum atomic E-state index is 12.9. The Morgan fingerprint density at radius 3 is 2.90 bits per heavy atom. The molecule has 1 aliphatic carbocycles. The summed E-state index contributed by atoms with van der Waals surface area (Å²) in [5.74, 6) is 1.30. The van der Waals surface area contributed by atoms with Gasteiger partial charge in [0, 0.05) is 23.7 Å². The van der Waals surface area contributed by atoms with Crippen molar-refractivity contribution >= 4 is 44.9 Å². The first-order valence-electron chi connectivity index (χ1n) is 9.94. The molecule has 1 aliphatic heterocycles. The molecule has 5 rings (SSSR count). The van der Waals surface area contributed by atoms with Crippen LogP contribution in [-0.2, 0) is 24.7 Å². The number of fused-ring (bicyclic) bond motifs is 4. The molecule has 1 aromatic carbocycles. The van der Waals surface area contributed by atoms with Crippen LogP contribution in [0.2, 0.25) is 0 Å². The zero-order chi connectivity index (χ0) is 20.7. The second-order valence-electron chi connectivity index (χ2n) is 7.34. The van der Waals surface area contributed by atoms with Crippen molar-refractivity contribution in [2.75, 3.05) is 24.3 Å². The molecule has 3 aromatic rings. The molecule has 0 bridgehead atoms. The van der Waals surface area contributed by atoms with Crippen molar-refractivity contribution < 1.29 is 14.3 Å². The number of carbonyl (C=O) groups is 1. The summed E-state index contributed by atoms with van der Waals surface area (Å²) in [7, 11) is 1.72. The van der Waals surface area contributed by atoms with Gasteiger partial charge in [0.1, 0.15) is 18.0 Å². The molecule has 3 heterocycles. The first-order chi connectivity index (χ1) is 14.6. The van der Waals surface area contributed by atoms with E-state index < -0.39 is 0 Å². The van der Waals surface area contributed by atoms with Crippen LogP contribution in [0.5, 0.6) is 11.5 Å². The highest BCUT2D eigenvalue weighted by Gasteiger charge is 2.21. The lowest BCUT2D eigenvalue weighted by Crippen LogP contribution is -2.22. The number of aryl methyl sites for hydroxylation is 2. The number of anilines is 1. The summed E-state index contributed by atoms with van der Waals surface area (Å²) in [4.78, 5) is 32.2. The van der Waals surface area contributed by atoms with Crippen molar-refractivity contribution in [1.82, 2.24) is 9.55 Å². The predicted molar refractivity (Wildman–Crippen MR) is 118 cm³/mol. The Hall–Kier alpha value is -2.52. The van der Waals surface area contributed by atoms with Gasteiger partial charge in [-0.2, -0.15) is 0 Å². The van der Waals surface area contributed by atoms with Gasteiger partial charge in [0.2, 0.25) is 5.91 Å². The molecule has 0 saturated heterocycles. The molecule has 0 saturated carbocycles. The maximum absolute atomic E-state index is 12.9. The molecule has 2 aliphatic rings. The molecule has 30 heavy (non-hydrogen) atoms. The van der Waals surface area contributed by atoms with E-state index in [-0.39, 0.29) is 17.2 Å². The highest BCUT2D eigenvalue weighted by atomic mass is 32.2. The van der Waals surface area contributed by atoms with Gasteiger partial charge in [0.15, 0.2) is 16.7 Å². The van der Waals surface area contributed by atoms with Crippen LogP contribution in [0.4, 0.5) is 5.69 Å². The lowest BCUT2D eigenvalue weighted by Gasteiger charge is -2.19. The van der Waals surface area contributed by atoms with Crippen LogP contribution in [0.25, 0.3) is 10.2 Å². The standard InChI is InChI=1S/C21H21N3O4S2/c1-24-20(26)18-13-4-2-3-5-16(13)30-19(18)23-21(24)29-11-17(25)22-12-6-7-14-15(10-12)28-9-8-27-14/h6-7,10H,2-5,8-9,11H2,1H3,(H,22,25). The Morgan fingerprint density at radius 2 is 2.03 bits per heavy atom. The Balaban J connectivity index is 1.32. The van der Waals surface area contributed by atoms with Gasteiger partial charge in [-0.1, -0.05) is 11.8 Å². The number of nitrogens with one attached hydrogen (secondary N) is 1. The lowest BCUT2D eigenvalue weighted by molar-refractivity contribution is -0.113. The van der Waals surface area contributed by atoms with E-state index in [0.717, 1.165) is 29.5 Å². The average Bonchev–Trinajstić information content (AvgIpc) is 3.13. The highest BCUT2D eigenvalue weighted by molar-refractivity contribution is 7.99. The molecule has 0 spiro atoms. The molecular formula is C21H21N3O4S2. The first-order valence-corrected chi connectivity index (χ1v) is 11.7. The van der Waals surface area contributed by atoms with Crippen LogP contribution in [0, 0.1) is 0 Å². The van der Waals surface area contributed by atoms with Crippen molar-refractivity contribution in [3.63, 3.8) is 0 Å². The highest BCUT2D eigenvalue weighted by Crippen LogP contribution is 2.35. The van der Waals surface area contributed by atoms with Gasteiger partial charge in [-0.15, -0.1) is 11.3 Å². The average molecular weight is 444 g/mol. The monoisotopic (exact) mass is 443 g/mol. The van der Waals surface area contributed by atoms with E-state index >= 15 is 0 Å². The predicted octanol–water partition coefficient (Wildman–Crippen LogP) is 3.38. The molecule has 2 aromatic heterocycles. The van der Waals surface area contributed by atoms with Gasteiger partial charge < -0.3 is 14.8 Å². The third-order valence-corrected chi connectivity index (χ3v) is 7.53. The fourth-order valence-corrected chi connectivity index (χ4v) is 5.92. The van der Waals surface area contributed by atoms with Gasteiger partial charge in [-0.05, 0) is 43.4 Å². The van der Waals surface area contributed by atoms with E-state index in [4.69, 9.17) is 14.5 Å². The van der Waals surface area contributed by atoms with E-state index in [1.807, 2.05) is 0 Å². The summed E-state index contributed by atoms with van der Waals surface area (Å²) >= 11 is 2.89. The SMILES string of the molecule is Cn1c(SCC(=O)Nc2ccc3c(c2)OCCO3)nc2sc3c(c2c1=O)CCCC3. The van der Waals surface area contributed by atoms with E-state index in [0.29, 0.717) is 35.6 Å². The molecular weight excluding hydrogens is 422 g/mol. The van der Waals surface area contributed by atoms with Crippen LogP contribution in [0.15, 0.2) is 28.2 Å². The van der Waals surface area contributed by atoms with Crippen molar-refractivity contribution in [2.45, 2.75) is 30.8 Å². The number of carbonyl (C=O) groups excluding carboxylic acids is 1. The molecule has 0 unspecified atom stereocenters. The summed E-state index contributed by atoms with van der Waals surface area (Å²) in [6.07, 6.45) is 4.27. The van der Waals surface area contributed by atoms with Gasteiger partial charge in [-0.25, -0.2) is 4.98 Å². The van der Waals surface area contributed by atoms with Crippen LogP contribution in [0.1, 0.15) is 23.3 Å². The Labute approximate surface area is 181 Å². The van der Waals surface area contributed by atoms with Crippen molar-refractivity contribution in [3.05, 3.63) is 39.0 Å². The minimum atomic E-state index is -0.170. The van der Waals surface area contributed by atoms with E-state index in [1.54, 1.807) is 41.2 Å². The molecule has 7 nitrogen and oxygen atoms in total. The third kappa shape index (κ3) is 3.56. The summed E-state index contributed by atoms with van der Waals surface area (Å²) in [5, 5.41) is 4.19. The van der Waals surface area contributed by atoms with E-state index in [2.05, 4.69) is 5.32 Å². The summed E-state index contributed by atoms with van der Waals surface area (Å²) in [5.41, 5.74) is 1.81. The summed E-state index contributed by atoms with van der Waals surface area (Å²) < 4.78 is 12.6. The van der Waals surface area contributed by atoms with E-state index in [1.165, 1.54) is 28.6 Å². The lowest BCUT2D eigenvalue weighted by atomic mass is 9.97. The molecule has 0 atom stereocenters. The number of ether oxygens (including phenoxy) is 2. The van der Waals surface area contributed by atoms with Gasteiger partial charge in [0.25, 0.3) is 5.56 Å². The number of aromatic nitrogens is 2. The molecule has 0 radical (unpaired) electrons. The van der Waals surface area contributed by atoms with Crippen molar-refractivity contribution in [2.24, 2.45) is 7.05 Å². The molecule has 1 N–H and O–H groups in total. The third-order valence-electron chi connectivity index (χ3n) is 5.31. The largest absolute Gasteiger partial charge is 0.486 e. The van der Waals surface area contributed by atoms with Gasteiger partial charge in [-0.3, -0.25) is 14.2 Å². The minimum Gasteiger partial charge on any atom is -0.486 e. The number of nitrogens with zero attached hydrogens (tertiary/aromatic N) is 2. The Bertz CT molecular complexity index is 1200. The number of thiophene rings is 1. The molecule has 156 valence electrons. The Morgan fingerprint density at radius 1 is 1.23 bits per heavy atom. The summed E-state index contributed by atoms with van der Waals surface area (Å²) in [6, 6.07) is 5.33.